The summed E-state index contributed by atoms with van der Waals surface area (Å²) in [5, 5.41) is 6.80. The third kappa shape index (κ3) is 4.26. The summed E-state index contributed by atoms with van der Waals surface area (Å²) >= 11 is 0. The first-order valence-electron chi connectivity index (χ1n) is 7.01. The molecular weight excluding hydrogens is 282 g/mol. The molecule has 116 valence electrons. The second-order valence-electron chi connectivity index (χ2n) is 4.95. The highest BCUT2D eigenvalue weighted by Gasteiger charge is 2.09. The van der Waals surface area contributed by atoms with E-state index in [1.807, 2.05) is 31.2 Å². The van der Waals surface area contributed by atoms with E-state index in [2.05, 4.69) is 10.4 Å². The van der Waals surface area contributed by atoms with Crippen LogP contribution in [0.5, 0.6) is 0 Å². The number of ether oxygens (including phenoxy) is 1. The Kier molecular flexibility index (Phi) is 5.43. The van der Waals surface area contributed by atoms with Crippen LogP contribution in [0.15, 0.2) is 41.2 Å². The Morgan fingerprint density at radius 2 is 1.95 bits per heavy atom. The molecule has 1 aromatic carbocycles. The summed E-state index contributed by atoms with van der Waals surface area (Å²) in [6.45, 7) is 3.15. The van der Waals surface area contributed by atoms with Crippen LogP contribution in [0.2, 0.25) is 0 Å². The standard InChI is InChI=1S/C16H19N3O3/c1-12-3-5-13(6-4-12)11-19-15(20)8-7-14(18-19)16(21)17-9-10-22-2/h3-8H,9-11H2,1-2H3,(H,17,21). The number of carbonyl (C=O) groups is 1. The molecule has 1 N–H and O–H groups in total. The van der Waals surface area contributed by atoms with E-state index in [-0.39, 0.29) is 17.2 Å². The van der Waals surface area contributed by atoms with E-state index in [9.17, 15) is 9.59 Å². The molecule has 1 heterocycles. The average Bonchev–Trinajstić information content (AvgIpc) is 2.52. The molecule has 0 aliphatic rings. The molecule has 6 nitrogen and oxygen atoms in total. The van der Waals surface area contributed by atoms with Crippen LogP contribution in [-0.2, 0) is 11.3 Å². The number of hydrogen-bond acceptors (Lipinski definition) is 4. The second-order valence-corrected chi connectivity index (χ2v) is 4.95. The summed E-state index contributed by atoms with van der Waals surface area (Å²) in [6, 6.07) is 10.6. The molecule has 6 heteroatoms. The topological polar surface area (TPSA) is 73.2 Å². The van der Waals surface area contributed by atoms with Crippen molar-refractivity contribution in [3.8, 4) is 0 Å². The van der Waals surface area contributed by atoms with Crippen LogP contribution in [-0.4, -0.2) is 35.9 Å². The van der Waals surface area contributed by atoms with Gasteiger partial charge >= 0.3 is 0 Å². The summed E-state index contributed by atoms with van der Waals surface area (Å²) in [7, 11) is 1.56. The molecule has 0 saturated heterocycles. The predicted molar refractivity (Wildman–Crippen MR) is 83.0 cm³/mol. The molecule has 0 fully saturated rings. The van der Waals surface area contributed by atoms with Gasteiger partial charge in [-0.25, -0.2) is 4.68 Å². The molecule has 0 atom stereocenters. The highest BCUT2D eigenvalue weighted by atomic mass is 16.5. The quantitative estimate of drug-likeness (QED) is 0.807. The predicted octanol–water partition coefficient (Wildman–Crippen LogP) is 0.976. The van der Waals surface area contributed by atoms with Crippen LogP contribution < -0.4 is 10.9 Å². The van der Waals surface area contributed by atoms with E-state index in [1.165, 1.54) is 16.8 Å². The monoisotopic (exact) mass is 301 g/mol. The Labute approximate surface area is 128 Å². The fraction of sp³-hybridized carbons (Fsp3) is 0.312. The van der Waals surface area contributed by atoms with Gasteiger partial charge in [-0.2, -0.15) is 5.10 Å². The zero-order valence-corrected chi connectivity index (χ0v) is 12.7. The van der Waals surface area contributed by atoms with E-state index in [0.717, 1.165) is 11.1 Å². The molecule has 1 aromatic heterocycles. The number of benzene rings is 1. The van der Waals surface area contributed by atoms with Crippen molar-refractivity contribution in [2.24, 2.45) is 0 Å². The van der Waals surface area contributed by atoms with Crippen molar-refractivity contribution < 1.29 is 9.53 Å². The van der Waals surface area contributed by atoms with Crippen molar-refractivity contribution in [1.82, 2.24) is 15.1 Å². The normalized spacial score (nSPS) is 10.5. The van der Waals surface area contributed by atoms with Crippen LogP contribution in [0, 0.1) is 6.92 Å². The lowest BCUT2D eigenvalue weighted by molar-refractivity contribution is 0.0929. The van der Waals surface area contributed by atoms with Gasteiger partial charge < -0.3 is 10.1 Å². The number of carbonyl (C=O) groups excluding carboxylic acids is 1. The van der Waals surface area contributed by atoms with Crippen molar-refractivity contribution in [3.05, 3.63) is 63.6 Å². The molecule has 2 rings (SSSR count). The lowest BCUT2D eigenvalue weighted by Gasteiger charge is -2.08. The molecule has 0 aliphatic carbocycles. The van der Waals surface area contributed by atoms with E-state index < -0.39 is 0 Å². The van der Waals surface area contributed by atoms with Crippen LogP contribution >= 0.6 is 0 Å². The van der Waals surface area contributed by atoms with Gasteiger partial charge in [-0.1, -0.05) is 29.8 Å². The maximum atomic E-state index is 11.9. The third-order valence-corrected chi connectivity index (χ3v) is 3.14. The zero-order chi connectivity index (χ0) is 15.9. The first-order chi connectivity index (χ1) is 10.6. The highest BCUT2D eigenvalue weighted by molar-refractivity contribution is 5.91. The molecule has 0 unspecified atom stereocenters. The van der Waals surface area contributed by atoms with Crippen LogP contribution in [0.3, 0.4) is 0 Å². The minimum atomic E-state index is -0.324. The highest BCUT2D eigenvalue weighted by Crippen LogP contribution is 2.04. The lowest BCUT2D eigenvalue weighted by Crippen LogP contribution is -2.31. The molecule has 1 amide bonds. The van der Waals surface area contributed by atoms with Crippen LogP contribution in [0.1, 0.15) is 21.6 Å². The molecule has 0 bridgehead atoms. The Balaban J connectivity index is 2.14. The maximum absolute atomic E-state index is 11.9. The number of amides is 1. The second kappa shape index (κ2) is 7.51. The SMILES string of the molecule is COCCNC(=O)c1ccc(=O)n(Cc2ccc(C)cc2)n1. The zero-order valence-electron chi connectivity index (χ0n) is 12.7. The third-order valence-electron chi connectivity index (χ3n) is 3.14. The maximum Gasteiger partial charge on any atom is 0.271 e. The van der Waals surface area contributed by atoms with Gasteiger partial charge in [0.1, 0.15) is 5.69 Å². The van der Waals surface area contributed by atoms with E-state index in [4.69, 9.17) is 4.74 Å². The number of aromatic nitrogens is 2. The van der Waals surface area contributed by atoms with Crippen molar-refractivity contribution >= 4 is 5.91 Å². The molecule has 0 spiro atoms. The average molecular weight is 301 g/mol. The molecule has 0 radical (unpaired) electrons. The van der Waals surface area contributed by atoms with Gasteiger partial charge in [-0.15, -0.1) is 0 Å². The van der Waals surface area contributed by atoms with Gasteiger partial charge in [-0.3, -0.25) is 9.59 Å². The minimum Gasteiger partial charge on any atom is -0.383 e. The Morgan fingerprint density at radius 1 is 1.23 bits per heavy atom. The number of rotatable bonds is 6. The Bertz CT molecular complexity index is 693. The van der Waals surface area contributed by atoms with Gasteiger partial charge in [0.2, 0.25) is 0 Å². The first kappa shape index (κ1) is 15.9. The first-order valence-corrected chi connectivity index (χ1v) is 7.01. The molecule has 0 saturated carbocycles. The van der Waals surface area contributed by atoms with Crippen molar-refractivity contribution in [3.63, 3.8) is 0 Å². The minimum absolute atomic E-state index is 0.211. The summed E-state index contributed by atoms with van der Waals surface area (Å²) in [5.74, 6) is -0.324. The lowest BCUT2D eigenvalue weighted by atomic mass is 10.1. The largest absolute Gasteiger partial charge is 0.383 e. The molecule has 2 aromatic rings. The van der Waals surface area contributed by atoms with Gasteiger partial charge in [0.05, 0.1) is 13.2 Å². The number of hydrogen-bond donors (Lipinski definition) is 1. The van der Waals surface area contributed by atoms with Gasteiger partial charge in [-0.05, 0) is 18.6 Å². The van der Waals surface area contributed by atoms with Gasteiger partial charge in [0.25, 0.3) is 11.5 Å². The molecule has 0 aliphatic heterocycles. The Hall–Kier alpha value is -2.47. The Morgan fingerprint density at radius 3 is 2.64 bits per heavy atom. The van der Waals surface area contributed by atoms with Crippen molar-refractivity contribution in [2.75, 3.05) is 20.3 Å². The summed E-state index contributed by atoms with van der Waals surface area (Å²) in [4.78, 5) is 23.8. The van der Waals surface area contributed by atoms with Crippen molar-refractivity contribution in [1.29, 1.82) is 0 Å². The fourth-order valence-corrected chi connectivity index (χ4v) is 1.91. The van der Waals surface area contributed by atoms with Crippen molar-refractivity contribution in [2.45, 2.75) is 13.5 Å². The van der Waals surface area contributed by atoms with Crippen LogP contribution in [0.25, 0.3) is 0 Å². The number of aryl methyl sites for hydroxylation is 1. The van der Waals surface area contributed by atoms with Gasteiger partial charge in [0, 0.05) is 19.7 Å². The number of nitrogens with one attached hydrogen (secondary N) is 1. The van der Waals surface area contributed by atoms with E-state index in [1.54, 1.807) is 7.11 Å². The van der Waals surface area contributed by atoms with E-state index in [0.29, 0.717) is 19.7 Å². The fourth-order valence-electron chi connectivity index (χ4n) is 1.91. The van der Waals surface area contributed by atoms with Crippen LogP contribution in [0.4, 0.5) is 0 Å². The van der Waals surface area contributed by atoms with Gasteiger partial charge in [0.15, 0.2) is 0 Å². The number of nitrogens with zero attached hydrogens (tertiary/aromatic N) is 2. The number of methoxy groups -OCH3 is 1. The van der Waals surface area contributed by atoms with E-state index >= 15 is 0 Å². The smallest absolute Gasteiger partial charge is 0.271 e. The molecular formula is C16H19N3O3. The summed E-state index contributed by atoms with van der Waals surface area (Å²) < 4.78 is 6.16. The summed E-state index contributed by atoms with van der Waals surface area (Å²) in [6.07, 6.45) is 0. The molecule has 22 heavy (non-hydrogen) atoms. The summed E-state index contributed by atoms with van der Waals surface area (Å²) in [5.41, 5.74) is 2.07.